The van der Waals surface area contributed by atoms with Crippen LogP contribution in [0.3, 0.4) is 0 Å². The van der Waals surface area contributed by atoms with Crippen LogP contribution in [0.4, 0.5) is 0 Å². The van der Waals surface area contributed by atoms with Gasteiger partial charge in [-0.2, -0.15) is 0 Å². The maximum atomic E-state index is 8.95. The van der Waals surface area contributed by atoms with E-state index in [4.69, 9.17) is 14.7 Å². The molecule has 0 atom stereocenters. The van der Waals surface area contributed by atoms with E-state index in [-0.39, 0.29) is 0 Å². The predicted octanol–water partition coefficient (Wildman–Crippen LogP) is 3.78. The number of ether oxygens (including phenoxy) is 2. The van der Waals surface area contributed by atoms with Gasteiger partial charge in [-0.1, -0.05) is 23.4 Å². The van der Waals surface area contributed by atoms with Gasteiger partial charge in [0.1, 0.15) is 18.1 Å². The molecule has 4 heteroatoms. The van der Waals surface area contributed by atoms with Crippen molar-refractivity contribution in [3.63, 3.8) is 0 Å². The molecule has 0 aliphatic heterocycles. The van der Waals surface area contributed by atoms with Crippen molar-refractivity contribution in [3.8, 4) is 11.5 Å². The fourth-order valence-electron chi connectivity index (χ4n) is 2.03. The average molecular weight is 285 g/mol. The molecule has 0 saturated heterocycles. The molecule has 0 aromatic heterocycles. The van der Waals surface area contributed by atoms with Gasteiger partial charge in [-0.3, -0.25) is 0 Å². The maximum absolute atomic E-state index is 8.95. The normalized spacial score (nSPS) is 11.3. The quantitative estimate of drug-likeness (QED) is 0.516. The first-order valence-corrected chi connectivity index (χ1v) is 6.69. The van der Waals surface area contributed by atoms with E-state index in [0.29, 0.717) is 18.1 Å². The van der Waals surface area contributed by atoms with Gasteiger partial charge in [-0.05, 0) is 49.2 Å². The van der Waals surface area contributed by atoms with Gasteiger partial charge >= 0.3 is 0 Å². The second-order valence-electron chi connectivity index (χ2n) is 4.83. The number of hydrogen-bond acceptors (Lipinski definition) is 4. The fourth-order valence-corrected chi connectivity index (χ4v) is 2.03. The van der Waals surface area contributed by atoms with Crippen LogP contribution >= 0.6 is 0 Å². The number of rotatable bonds is 5. The standard InChI is InChI=1S/C17H19NO3/c1-12-7-8-16(13(2)18-19)17(9-12)21-11-14-5-4-6-15(10-14)20-3/h4-10,19H,11H2,1-3H3. The summed E-state index contributed by atoms with van der Waals surface area (Å²) in [5.74, 6) is 1.50. The molecule has 110 valence electrons. The van der Waals surface area contributed by atoms with E-state index in [1.807, 2.05) is 49.4 Å². The van der Waals surface area contributed by atoms with E-state index < -0.39 is 0 Å². The minimum atomic E-state index is 0.423. The van der Waals surface area contributed by atoms with Crippen molar-refractivity contribution >= 4 is 5.71 Å². The minimum absolute atomic E-state index is 0.423. The molecule has 0 bridgehead atoms. The molecule has 0 amide bonds. The van der Waals surface area contributed by atoms with E-state index in [2.05, 4.69) is 5.16 Å². The van der Waals surface area contributed by atoms with Crippen molar-refractivity contribution in [2.75, 3.05) is 7.11 Å². The van der Waals surface area contributed by atoms with Crippen LogP contribution in [0.2, 0.25) is 0 Å². The lowest BCUT2D eigenvalue weighted by molar-refractivity contribution is 0.302. The lowest BCUT2D eigenvalue weighted by atomic mass is 10.1. The molecule has 0 saturated carbocycles. The van der Waals surface area contributed by atoms with E-state index in [9.17, 15) is 0 Å². The molecule has 0 fully saturated rings. The van der Waals surface area contributed by atoms with Crippen LogP contribution in [0.5, 0.6) is 11.5 Å². The first-order chi connectivity index (χ1) is 10.1. The van der Waals surface area contributed by atoms with Crippen LogP contribution in [-0.2, 0) is 6.61 Å². The Morgan fingerprint density at radius 3 is 2.71 bits per heavy atom. The summed E-state index contributed by atoms with van der Waals surface area (Å²) < 4.78 is 11.1. The molecule has 0 radical (unpaired) electrons. The summed E-state index contributed by atoms with van der Waals surface area (Å²) in [6.07, 6.45) is 0. The lowest BCUT2D eigenvalue weighted by Gasteiger charge is -2.12. The zero-order chi connectivity index (χ0) is 15.2. The minimum Gasteiger partial charge on any atom is -0.497 e. The Labute approximate surface area is 124 Å². The van der Waals surface area contributed by atoms with E-state index in [0.717, 1.165) is 22.4 Å². The number of oxime groups is 1. The van der Waals surface area contributed by atoms with E-state index in [1.54, 1.807) is 14.0 Å². The number of hydrogen-bond donors (Lipinski definition) is 1. The second-order valence-corrected chi connectivity index (χ2v) is 4.83. The molecule has 0 unspecified atom stereocenters. The van der Waals surface area contributed by atoms with Crippen LogP contribution in [0.1, 0.15) is 23.6 Å². The Morgan fingerprint density at radius 1 is 1.19 bits per heavy atom. The van der Waals surface area contributed by atoms with Gasteiger partial charge in [0.15, 0.2) is 0 Å². The van der Waals surface area contributed by atoms with Crippen molar-refractivity contribution in [2.24, 2.45) is 5.16 Å². The molecule has 1 N–H and O–H groups in total. The lowest BCUT2D eigenvalue weighted by Crippen LogP contribution is -2.03. The molecule has 0 aliphatic carbocycles. The van der Waals surface area contributed by atoms with Gasteiger partial charge in [-0.15, -0.1) is 0 Å². The summed E-state index contributed by atoms with van der Waals surface area (Å²) in [4.78, 5) is 0. The highest BCUT2D eigenvalue weighted by atomic mass is 16.5. The monoisotopic (exact) mass is 285 g/mol. The average Bonchev–Trinajstić information content (AvgIpc) is 2.52. The topological polar surface area (TPSA) is 51.0 Å². The smallest absolute Gasteiger partial charge is 0.129 e. The highest BCUT2D eigenvalue weighted by Gasteiger charge is 2.08. The number of nitrogens with zero attached hydrogens (tertiary/aromatic N) is 1. The molecular formula is C17H19NO3. The summed E-state index contributed by atoms with van der Waals surface area (Å²) in [6, 6.07) is 13.5. The van der Waals surface area contributed by atoms with Crippen molar-refractivity contribution in [1.82, 2.24) is 0 Å². The summed E-state index contributed by atoms with van der Waals surface area (Å²) in [7, 11) is 1.64. The molecule has 2 aromatic rings. The summed E-state index contributed by atoms with van der Waals surface area (Å²) in [6.45, 7) is 4.16. The molecular weight excluding hydrogens is 266 g/mol. The molecule has 4 nitrogen and oxygen atoms in total. The van der Waals surface area contributed by atoms with Gasteiger partial charge in [-0.25, -0.2) is 0 Å². The van der Waals surface area contributed by atoms with E-state index in [1.165, 1.54) is 0 Å². The van der Waals surface area contributed by atoms with Crippen LogP contribution in [0.15, 0.2) is 47.6 Å². The largest absolute Gasteiger partial charge is 0.497 e. The first kappa shape index (κ1) is 14.9. The Balaban J connectivity index is 2.20. The van der Waals surface area contributed by atoms with Crippen LogP contribution in [0, 0.1) is 6.92 Å². The van der Waals surface area contributed by atoms with Crippen LogP contribution in [0.25, 0.3) is 0 Å². The fraction of sp³-hybridized carbons (Fsp3) is 0.235. The Kier molecular flexibility index (Phi) is 4.82. The molecule has 2 aromatic carbocycles. The Hall–Kier alpha value is -2.49. The molecule has 0 spiro atoms. The van der Waals surface area contributed by atoms with Gasteiger partial charge < -0.3 is 14.7 Å². The van der Waals surface area contributed by atoms with E-state index >= 15 is 0 Å². The summed E-state index contributed by atoms with van der Waals surface area (Å²) >= 11 is 0. The second kappa shape index (κ2) is 6.79. The number of benzene rings is 2. The Bertz CT molecular complexity index is 650. The van der Waals surface area contributed by atoms with Crippen LogP contribution < -0.4 is 9.47 Å². The number of methoxy groups -OCH3 is 1. The van der Waals surface area contributed by atoms with Gasteiger partial charge in [0.25, 0.3) is 0 Å². The van der Waals surface area contributed by atoms with Crippen molar-refractivity contribution < 1.29 is 14.7 Å². The third kappa shape index (κ3) is 3.75. The van der Waals surface area contributed by atoms with Crippen molar-refractivity contribution in [3.05, 3.63) is 59.2 Å². The Morgan fingerprint density at radius 2 is 2.00 bits per heavy atom. The zero-order valence-electron chi connectivity index (χ0n) is 12.5. The molecule has 21 heavy (non-hydrogen) atoms. The van der Waals surface area contributed by atoms with Crippen molar-refractivity contribution in [1.29, 1.82) is 0 Å². The number of aryl methyl sites for hydroxylation is 1. The first-order valence-electron chi connectivity index (χ1n) is 6.69. The van der Waals surface area contributed by atoms with Crippen molar-refractivity contribution in [2.45, 2.75) is 20.5 Å². The third-order valence-electron chi connectivity index (χ3n) is 3.21. The molecule has 0 aliphatic rings. The van der Waals surface area contributed by atoms with Crippen LogP contribution in [-0.4, -0.2) is 18.0 Å². The highest BCUT2D eigenvalue weighted by Crippen LogP contribution is 2.23. The maximum Gasteiger partial charge on any atom is 0.129 e. The van der Waals surface area contributed by atoms with Gasteiger partial charge in [0, 0.05) is 5.56 Å². The van der Waals surface area contributed by atoms with Gasteiger partial charge in [0.05, 0.1) is 12.8 Å². The third-order valence-corrected chi connectivity index (χ3v) is 3.21. The zero-order valence-corrected chi connectivity index (χ0v) is 12.5. The summed E-state index contributed by atoms with van der Waals surface area (Å²) in [5, 5.41) is 12.2. The highest BCUT2D eigenvalue weighted by molar-refractivity contribution is 6.00. The van der Waals surface area contributed by atoms with Gasteiger partial charge in [0.2, 0.25) is 0 Å². The predicted molar refractivity (Wildman–Crippen MR) is 82.5 cm³/mol. The summed E-state index contributed by atoms with van der Waals surface area (Å²) in [5.41, 5.74) is 3.41. The SMILES string of the molecule is COc1cccc(COc2cc(C)ccc2C(C)=NO)c1. The molecule has 2 rings (SSSR count). The molecule has 0 heterocycles.